The molecule has 1 unspecified atom stereocenters. The molecule has 0 saturated carbocycles. The highest BCUT2D eigenvalue weighted by molar-refractivity contribution is 7.18. The summed E-state index contributed by atoms with van der Waals surface area (Å²) < 4.78 is 1.26. The molecule has 2 aromatic rings. The van der Waals surface area contributed by atoms with Crippen LogP contribution in [0.25, 0.3) is 10.2 Å². The molecule has 1 aliphatic rings. The Kier molecular flexibility index (Phi) is 8.43. The van der Waals surface area contributed by atoms with Gasteiger partial charge in [0.1, 0.15) is 0 Å². The summed E-state index contributed by atoms with van der Waals surface area (Å²) in [4.78, 5) is 19.1. The lowest BCUT2D eigenvalue weighted by molar-refractivity contribution is -0.135. The molecular weight excluding hydrogens is 365 g/mol. The van der Waals surface area contributed by atoms with E-state index in [1.165, 1.54) is 9.71 Å². The molecule has 4 nitrogen and oxygen atoms in total. The van der Waals surface area contributed by atoms with Crippen LogP contribution in [-0.2, 0) is 4.79 Å². The molecule has 0 spiro atoms. The second-order valence-corrected chi connectivity index (χ2v) is 7.14. The van der Waals surface area contributed by atoms with Gasteiger partial charge in [0.2, 0.25) is 5.91 Å². The van der Waals surface area contributed by atoms with Crippen LogP contribution in [0.4, 0.5) is 0 Å². The Labute approximate surface area is 159 Å². The van der Waals surface area contributed by atoms with Crippen molar-refractivity contribution in [2.45, 2.75) is 25.7 Å². The Morgan fingerprint density at radius 1 is 1.33 bits per heavy atom. The molecule has 134 valence electrons. The number of hydrogen-bond acceptors (Lipinski definition) is 4. The first-order valence-corrected chi connectivity index (χ1v) is 8.79. The van der Waals surface area contributed by atoms with Crippen molar-refractivity contribution >= 4 is 52.3 Å². The Hall–Kier alpha value is -0.880. The van der Waals surface area contributed by atoms with E-state index in [-0.39, 0.29) is 36.6 Å². The van der Waals surface area contributed by atoms with E-state index in [1.807, 2.05) is 24.9 Å². The molecule has 0 aliphatic carbocycles. The molecule has 1 fully saturated rings. The number of benzene rings is 1. The van der Waals surface area contributed by atoms with E-state index in [9.17, 15) is 4.79 Å². The SMILES string of the molecule is CNCC(C)C(=O)N1CCC(c2nc3ccccc3s2)CC1.Cl.Cl. The van der Waals surface area contributed by atoms with Crippen LogP contribution in [0.1, 0.15) is 30.7 Å². The first kappa shape index (κ1) is 21.2. The minimum absolute atomic E-state index is 0. The van der Waals surface area contributed by atoms with Gasteiger partial charge in [0.25, 0.3) is 0 Å². The minimum atomic E-state index is 0. The average Bonchev–Trinajstić information content (AvgIpc) is 2.98. The molecular formula is C17H25Cl2N3OS. The Bertz CT molecular complexity index is 623. The summed E-state index contributed by atoms with van der Waals surface area (Å²) in [6, 6.07) is 8.31. The predicted octanol–water partition coefficient (Wildman–Crippen LogP) is 3.70. The monoisotopic (exact) mass is 389 g/mol. The van der Waals surface area contributed by atoms with Gasteiger partial charge in [0.15, 0.2) is 0 Å². The third-order valence-corrected chi connectivity index (χ3v) is 5.60. The molecule has 3 rings (SSSR count). The lowest BCUT2D eigenvalue weighted by Gasteiger charge is -2.32. The van der Waals surface area contributed by atoms with Crippen LogP contribution in [0, 0.1) is 5.92 Å². The summed E-state index contributed by atoms with van der Waals surface area (Å²) >= 11 is 1.80. The highest BCUT2D eigenvalue weighted by Crippen LogP contribution is 2.33. The van der Waals surface area contributed by atoms with Gasteiger partial charge in [-0.2, -0.15) is 0 Å². The lowest BCUT2D eigenvalue weighted by Crippen LogP contribution is -2.42. The maximum atomic E-state index is 12.3. The summed E-state index contributed by atoms with van der Waals surface area (Å²) in [6.45, 7) is 4.45. The number of amides is 1. The second kappa shape index (κ2) is 9.56. The molecule has 1 atom stereocenters. The van der Waals surface area contributed by atoms with Crippen molar-refractivity contribution in [1.29, 1.82) is 0 Å². The van der Waals surface area contributed by atoms with E-state index >= 15 is 0 Å². The van der Waals surface area contributed by atoms with Crippen LogP contribution in [0.5, 0.6) is 0 Å². The number of aromatic nitrogens is 1. The Balaban J connectivity index is 0.00000144. The highest BCUT2D eigenvalue weighted by atomic mass is 35.5. The van der Waals surface area contributed by atoms with E-state index in [2.05, 4.69) is 23.5 Å². The van der Waals surface area contributed by atoms with Crippen molar-refractivity contribution in [3.8, 4) is 0 Å². The number of hydrogen-bond donors (Lipinski definition) is 1. The number of rotatable bonds is 4. The lowest BCUT2D eigenvalue weighted by atomic mass is 9.96. The number of halogens is 2. The van der Waals surface area contributed by atoms with Gasteiger partial charge < -0.3 is 10.2 Å². The predicted molar refractivity (Wildman–Crippen MR) is 106 cm³/mol. The van der Waals surface area contributed by atoms with Crippen LogP contribution in [-0.4, -0.2) is 42.5 Å². The van der Waals surface area contributed by atoms with Gasteiger partial charge in [-0.05, 0) is 32.0 Å². The molecule has 1 amide bonds. The maximum absolute atomic E-state index is 12.3. The highest BCUT2D eigenvalue weighted by Gasteiger charge is 2.27. The van der Waals surface area contributed by atoms with Crippen molar-refractivity contribution < 1.29 is 4.79 Å². The van der Waals surface area contributed by atoms with Gasteiger partial charge in [0, 0.05) is 31.5 Å². The van der Waals surface area contributed by atoms with Crippen LogP contribution in [0.3, 0.4) is 0 Å². The van der Waals surface area contributed by atoms with Gasteiger partial charge in [-0.15, -0.1) is 36.2 Å². The van der Waals surface area contributed by atoms with Crippen LogP contribution in [0.15, 0.2) is 24.3 Å². The standard InChI is InChI=1S/C17H23N3OS.2ClH/c1-12(11-18-2)17(21)20-9-7-13(8-10-20)16-19-14-5-3-4-6-15(14)22-16;;/h3-6,12-13,18H,7-11H2,1-2H3;2*1H. The third kappa shape index (κ3) is 4.60. The van der Waals surface area contributed by atoms with Crippen molar-refractivity contribution in [2.75, 3.05) is 26.7 Å². The summed E-state index contributed by atoms with van der Waals surface area (Å²) in [5.41, 5.74) is 1.10. The molecule has 7 heteroatoms. The molecule has 24 heavy (non-hydrogen) atoms. The summed E-state index contributed by atoms with van der Waals surface area (Å²) in [7, 11) is 1.89. The molecule has 1 aromatic carbocycles. The average molecular weight is 390 g/mol. The number of nitrogens with zero attached hydrogens (tertiary/aromatic N) is 2. The fraction of sp³-hybridized carbons (Fsp3) is 0.529. The number of carbonyl (C=O) groups is 1. The van der Waals surface area contributed by atoms with Gasteiger partial charge in [-0.25, -0.2) is 4.98 Å². The van der Waals surface area contributed by atoms with Crippen molar-refractivity contribution in [1.82, 2.24) is 15.2 Å². The van der Waals surface area contributed by atoms with E-state index in [0.717, 1.165) is 38.0 Å². The van der Waals surface area contributed by atoms with Crippen molar-refractivity contribution in [2.24, 2.45) is 5.92 Å². The van der Waals surface area contributed by atoms with Crippen LogP contribution < -0.4 is 5.32 Å². The smallest absolute Gasteiger partial charge is 0.226 e. The second-order valence-electron chi connectivity index (χ2n) is 6.08. The number of piperidine rings is 1. The van der Waals surface area contributed by atoms with Gasteiger partial charge in [-0.3, -0.25) is 4.79 Å². The van der Waals surface area contributed by atoms with Crippen LogP contribution in [0.2, 0.25) is 0 Å². The van der Waals surface area contributed by atoms with Gasteiger partial charge >= 0.3 is 0 Å². The summed E-state index contributed by atoms with van der Waals surface area (Å²) in [6.07, 6.45) is 2.05. The number of carbonyl (C=O) groups excluding carboxylic acids is 1. The van der Waals surface area contributed by atoms with Gasteiger partial charge in [-0.1, -0.05) is 19.1 Å². The largest absolute Gasteiger partial charge is 0.342 e. The number of para-hydroxylation sites is 1. The van der Waals surface area contributed by atoms with E-state index < -0.39 is 0 Å². The third-order valence-electron chi connectivity index (χ3n) is 4.40. The molecule has 1 saturated heterocycles. The minimum Gasteiger partial charge on any atom is -0.342 e. The van der Waals surface area contributed by atoms with E-state index in [0.29, 0.717) is 5.92 Å². The Morgan fingerprint density at radius 3 is 2.62 bits per heavy atom. The number of thiazole rings is 1. The normalized spacial score (nSPS) is 16.3. The fourth-order valence-electron chi connectivity index (χ4n) is 3.12. The molecule has 2 heterocycles. The summed E-state index contributed by atoms with van der Waals surface area (Å²) in [5, 5.41) is 4.31. The zero-order chi connectivity index (χ0) is 15.5. The van der Waals surface area contributed by atoms with E-state index in [1.54, 1.807) is 11.3 Å². The molecule has 0 bridgehead atoms. The number of fused-ring (bicyclic) bond motifs is 1. The van der Waals surface area contributed by atoms with Crippen molar-refractivity contribution in [3.05, 3.63) is 29.3 Å². The topological polar surface area (TPSA) is 45.2 Å². The maximum Gasteiger partial charge on any atom is 0.226 e. The Morgan fingerprint density at radius 2 is 2.00 bits per heavy atom. The van der Waals surface area contributed by atoms with Crippen LogP contribution >= 0.6 is 36.2 Å². The fourth-order valence-corrected chi connectivity index (χ4v) is 4.25. The molecule has 1 aliphatic heterocycles. The first-order valence-electron chi connectivity index (χ1n) is 7.98. The zero-order valence-corrected chi connectivity index (χ0v) is 16.5. The van der Waals surface area contributed by atoms with E-state index in [4.69, 9.17) is 4.98 Å². The zero-order valence-electron chi connectivity index (χ0n) is 14.0. The molecule has 1 N–H and O–H groups in total. The first-order chi connectivity index (χ1) is 10.7. The summed E-state index contributed by atoms with van der Waals surface area (Å²) in [5.74, 6) is 0.835. The molecule has 0 radical (unpaired) electrons. The number of nitrogens with one attached hydrogen (secondary N) is 1. The van der Waals surface area contributed by atoms with Crippen molar-refractivity contribution in [3.63, 3.8) is 0 Å². The quantitative estimate of drug-likeness (QED) is 0.866. The van der Waals surface area contributed by atoms with Gasteiger partial charge in [0.05, 0.1) is 15.2 Å². The molecule has 1 aromatic heterocycles. The number of likely N-dealkylation sites (tertiary alicyclic amines) is 1.